The van der Waals surface area contributed by atoms with Gasteiger partial charge in [0, 0.05) is 25.4 Å². The van der Waals surface area contributed by atoms with Gasteiger partial charge in [0.25, 0.3) is 0 Å². The molecule has 0 saturated heterocycles. The standard InChI is InChI=1S/C11H16N2O/c1-12-11-10(3-2-6-13-11)8-14-7-9-4-5-9/h2-3,6,9H,4-5,7-8H2,1H3,(H,12,13). The molecule has 0 radical (unpaired) electrons. The molecule has 3 heteroatoms. The van der Waals surface area contributed by atoms with E-state index < -0.39 is 0 Å². The Morgan fingerprint density at radius 1 is 1.57 bits per heavy atom. The molecule has 1 aliphatic carbocycles. The third-order valence-corrected chi connectivity index (χ3v) is 2.44. The highest BCUT2D eigenvalue weighted by Crippen LogP contribution is 2.29. The highest BCUT2D eigenvalue weighted by Gasteiger charge is 2.21. The van der Waals surface area contributed by atoms with Gasteiger partial charge in [-0.2, -0.15) is 0 Å². The molecule has 0 amide bonds. The normalized spacial score (nSPS) is 15.5. The molecular formula is C11H16N2O. The van der Waals surface area contributed by atoms with Crippen molar-refractivity contribution in [1.82, 2.24) is 4.98 Å². The van der Waals surface area contributed by atoms with Gasteiger partial charge in [0.2, 0.25) is 0 Å². The summed E-state index contributed by atoms with van der Waals surface area (Å²) in [5.41, 5.74) is 1.13. The molecule has 0 spiro atoms. The van der Waals surface area contributed by atoms with E-state index in [0.29, 0.717) is 6.61 Å². The topological polar surface area (TPSA) is 34.2 Å². The molecule has 1 aromatic rings. The maximum Gasteiger partial charge on any atom is 0.131 e. The maximum absolute atomic E-state index is 5.61. The summed E-state index contributed by atoms with van der Waals surface area (Å²) < 4.78 is 5.61. The molecule has 0 bridgehead atoms. The van der Waals surface area contributed by atoms with Crippen molar-refractivity contribution in [3.05, 3.63) is 23.9 Å². The van der Waals surface area contributed by atoms with E-state index in [1.165, 1.54) is 12.8 Å². The smallest absolute Gasteiger partial charge is 0.131 e. The Bertz CT molecular complexity index is 297. The van der Waals surface area contributed by atoms with Crippen LogP contribution in [0, 0.1) is 5.92 Å². The van der Waals surface area contributed by atoms with Gasteiger partial charge in [0.1, 0.15) is 5.82 Å². The summed E-state index contributed by atoms with van der Waals surface area (Å²) in [7, 11) is 1.88. The monoisotopic (exact) mass is 192 g/mol. The molecule has 1 aliphatic rings. The summed E-state index contributed by atoms with van der Waals surface area (Å²) in [6.45, 7) is 1.57. The third kappa shape index (κ3) is 2.45. The van der Waals surface area contributed by atoms with Crippen LogP contribution in [0.25, 0.3) is 0 Å². The number of ether oxygens (including phenoxy) is 1. The van der Waals surface area contributed by atoms with E-state index in [4.69, 9.17) is 4.74 Å². The molecule has 0 aliphatic heterocycles. The lowest BCUT2D eigenvalue weighted by atomic mass is 10.3. The van der Waals surface area contributed by atoms with E-state index in [9.17, 15) is 0 Å². The molecule has 1 heterocycles. The van der Waals surface area contributed by atoms with Crippen molar-refractivity contribution in [2.75, 3.05) is 19.0 Å². The minimum Gasteiger partial charge on any atom is -0.376 e. The zero-order valence-electron chi connectivity index (χ0n) is 8.49. The van der Waals surface area contributed by atoms with Crippen molar-refractivity contribution in [3.63, 3.8) is 0 Å². The number of nitrogens with zero attached hydrogens (tertiary/aromatic N) is 1. The van der Waals surface area contributed by atoms with E-state index in [0.717, 1.165) is 23.9 Å². The SMILES string of the molecule is CNc1ncccc1COCC1CC1. The Hall–Kier alpha value is -1.09. The third-order valence-electron chi connectivity index (χ3n) is 2.44. The molecule has 0 aromatic carbocycles. The summed E-state index contributed by atoms with van der Waals surface area (Å²) in [6.07, 6.45) is 4.47. The second-order valence-corrected chi connectivity index (χ2v) is 3.72. The Morgan fingerprint density at radius 2 is 2.43 bits per heavy atom. The lowest BCUT2D eigenvalue weighted by molar-refractivity contribution is 0.111. The molecule has 76 valence electrons. The zero-order chi connectivity index (χ0) is 9.80. The summed E-state index contributed by atoms with van der Waals surface area (Å²) >= 11 is 0. The number of hydrogen-bond acceptors (Lipinski definition) is 3. The van der Waals surface area contributed by atoms with Crippen LogP contribution >= 0.6 is 0 Å². The van der Waals surface area contributed by atoms with Crippen molar-refractivity contribution in [2.45, 2.75) is 19.4 Å². The second-order valence-electron chi connectivity index (χ2n) is 3.72. The number of hydrogen-bond donors (Lipinski definition) is 1. The van der Waals surface area contributed by atoms with Gasteiger partial charge >= 0.3 is 0 Å². The van der Waals surface area contributed by atoms with Crippen LogP contribution in [-0.4, -0.2) is 18.6 Å². The van der Waals surface area contributed by atoms with Crippen molar-refractivity contribution in [3.8, 4) is 0 Å². The highest BCUT2D eigenvalue weighted by atomic mass is 16.5. The molecular weight excluding hydrogens is 176 g/mol. The molecule has 0 unspecified atom stereocenters. The van der Waals surface area contributed by atoms with Crippen molar-refractivity contribution in [2.24, 2.45) is 5.92 Å². The van der Waals surface area contributed by atoms with Crippen LogP contribution in [0.5, 0.6) is 0 Å². The summed E-state index contributed by atoms with van der Waals surface area (Å²) in [6, 6.07) is 3.99. The van der Waals surface area contributed by atoms with Gasteiger partial charge in [-0.1, -0.05) is 6.07 Å². The van der Waals surface area contributed by atoms with E-state index in [-0.39, 0.29) is 0 Å². The van der Waals surface area contributed by atoms with Gasteiger partial charge in [-0.25, -0.2) is 4.98 Å². The fourth-order valence-electron chi connectivity index (χ4n) is 1.40. The van der Waals surface area contributed by atoms with Crippen molar-refractivity contribution in [1.29, 1.82) is 0 Å². The minimum absolute atomic E-state index is 0.667. The van der Waals surface area contributed by atoms with Gasteiger partial charge in [-0.3, -0.25) is 0 Å². The van der Waals surface area contributed by atoms with Gasteiger partial charge in [-0.15, -0.1) is 0 Å². The lowest BCUT2D eigenvalue weighted by Gasteiger charge is -2.07. The quantitative estimate of drug-likeness (QED) is 0.775. The number of aromatic nitrogens is 1. The van der Waals surface area contributed by atoms with Gasteiger partial charge in [-0.05, 0) is 24.8 Å². The Balaban J connectivity index is 1.86. The summed E-state index contributed by atoms with van der Waals surface area (Å²) in [5, 5.41) is 3.06. The van der Waals surface area contributed by atoms with Crippen LogP contribution in [0.1, 0.15) is 18.4 Å². The number of rotatable bonds is 5. The molecule has 3 nitrogen and oxygen atoms in total. The minimum atomic E-state index is 0.667. The second kappa shape index (κ2) is 4.42. The fourth-order valence-corrected chi connectivity index (χ4v) is 1.40. The number of anilines is 1. The van der Waals surface area contributed by atoms with Crippen molar-refractivity contribution >= 4 is 5.82 Å². The van der Waals surface area contributed by atoms with Gasteiger partial charge in [0.05, 0.1) is 6.61 Å². The van der Waals surface area contributed by atoms with E-state index in [1.54, 1.807) is 6.20 Å². The molecule has 0 atom stereocenters. The Labute approximate surface area is 84.5 Å². The van der Waals surface area contributed by atoms with Gasteiger partial charge in [0.15, 0.2) is 0 Å². The zero-order valence-corrected chi connectivity index (χ0v) is 8.49. The molecule has 1 aromatic heterocycles. The van der Waals surface area contributed by atoms with Crippen LogP contribution in [0.4, 0.5) is 5.82 Å². The van der Waals surface area contributed by atoms with E-state index in [2.05, 4.69) is 10.3 Å². The van der Waals surface area contributed by atoms with E-state index >= 15 is 0 Å². The molecule has 1 saturated carbocycles. The van der Waals surface area contributed by atoms with E-state index in [1.807, 2.05) is 19.2 Å². The van der Waals surface area contributed by atoms with Crippen LogP contribution in [0.3, 0.4) is 0 Å². The predicted molar refractivity (Wildman–Crippen MR) is 56.2 cm³/mol. The molecule has 2 rings (SSSR count). The van der Waals surface area contributed by atoms with Gasteiger partial charge < -0.3 is 10.1 Å². The predicted octanol–water partition coefficient (Wildman–Crippen LogP) is 2.05. The first-order valence-corrected chi connectivity index (χ1v) is 5.09. The first kappa shape index (κ1) is 9.46. The lowest BCUT2D eigenvalue weighted by Crippen LogP contribution is -2.02. The van der Waals surface area contributed by atoms with Crippen LogP contribution in [-0.2, 0) is 11.3 Å². The molecule has 1 N–H and O–H groups in total. The first-order valence-electron chi connectivity index (χ1n) is 5.09. The maximum atomic E-state index is 5.61. The fraction of sp³-hybridized carbons (Fsp3) is 0.545. The summed E-state index contributed by atoms with van der Waals surface area (Å²) in [4.78, 5) is 4.22. The largest absolute Gasteiger partial charge is 0.376 e. The number of pyridine rings is 1. The van der Waals surface area contributed by atoms with Crippen LogP contribution in [0.2, 0.25) is 0 Å². The highest BCUT2D eigenvalue weighted by molar-refractivity contribution is 5.42. The number of nitrogens with one attached hydrogen (secondary N) is 1. The average Bonchev–Trinajstić information content (AvgIpc) is 3.03. The average molecular weight is 192 g/mol. The Kier molecular flexibility index (Phi) is 2.99. The first-order chi connectivity index (χ1) is 6.90. The summed E-state index contributed by atoms with van der Waals surface area (Å²) in [5.74, 6) is 1.74. The Morgan fingerprint density at radius 3 is 3.14 bits per heavy atom. The molecule has 1 fully saturated rings. The molecule has 14 heavy (non-hydrogen) atoms. The van der Waals surface area contributed by atoms with Crippen molar-refractivity contribution < 1.29 is 4.74 Å². The van der Waals surface area contributed by atoms with Crippen LogP contribution < -0.4 is 5.32 Å². The van der Waals surface area contributed by atoms with Crippen LogP contribution in [0.15, 0.2) is 18.3 Å².